The fourth-order valence-corrected chi connectivity index (χ4v) is 1.60. The van der Waals surface area contributed by atoms with Crippen LogP contribution in [-0.2, 0) is 9.53 Å². The van der Waals surface area contributed by atoms with Gasteiger partial charge in [0.1, 0.15) is 5.60 Å². The number of likely N-dealkylation sites (tertiary alicyclic amines) is 1. The van der Waals surface area contributed by atoms with Crippen LogP contribution in [0.2, 0.25) is 0 Å². The van der Waals surface area contributed by atoms with Crippen molar-refractivity contribution >= 4 is 19.6 Å². The highest BCUT2D eigenvalue weighted by Gasteiger charge is 2.34. The standard InChI is InChI=1S/C10H16BNO3/c1-10(2,3)15-9(14)12-6-4-5-7(12)8(11)13/h7H,4-6H2,1-3H3. The summed E-state index contributed by atoms with van der Waals surface area (Å²) >= 11 is 0. The van der Waals surface area contributed by atoms with Crippen LogP contribution in [0.1, 0.15) is 33.6 Å². The Labute approximate surface area is 91.4 Å². The molecule has 1 aliphatic heterocycles. The van der Waals surface area contributed by atoms with Gasteiger partial charge in [-0.25, -0.2) is 4.79 Å². The van der Waals surface area contributed by atoms with E-state index in [0.29, 0.717) is 13.0 Å². The zero-order valence-corrected chi connectivity index (χ0v) is 9.45. The molecule has 0 aromatic rings. The Bertz CT molecular complexity index is 272. The van der Waals surface area contributed by atoms with Crippen molar-refractivity contribution in [1.29, 1.82) is 0 Å². The molecule has 1 amide bonds. The normalized spacial score (nSPS) is 21.5. The minimum Gasteiger partial charge on any atom is -0.444 e. The number of carbonyl (C=O) groups is 2. The third kappa shape index (κ3) is 3.25. The maximum Gasteiger partial charge on any atom is 0.410 e. The lowest BCUT2D eigenvalue weighted by Crippen LogP contribution is -2.43. The minimum atomic E-state index is -0.540. The van der Waals surface area contributed by atoms with Crippen molar-refractivity contribution in [2.45, 2.75) is 45.3 Å². The van der Waals surface area contributed by atoms with Crippen LogP contribution in [0.4, 0.5) is 4.79 Å². The van der Waals surface area contributed by atoms with Crippen LogP contribution in [0.15, 0.2) is 0 Å². The summed E-state index contributed by atoms with van der Waals surface area (Å²) in [7, 11) is 5.20. The zero-order chi connectivity index (χ0) is 11.6. The van der Waals surface area contributed by atoms with E-state index in [9.17, 15) is 9.59 Å². The van der Waals surface area contributed by atoms with Crippen molar-refractivity contribution in [3.05, 3.63) is 0 Å². The van der Waals surface area contributed by atoms with Crippen LogP contribution in [0.25, 0.3) is 0 Å². The molecule has 2 radical (unpaired) electrons. The molecule has 0 saturated carbocycles. The van der Waals surface area contributed by atoms with E-state index in [1.165, 1.54) is 4.90 Å². The quantitative estimate of drug-likeness (QED) is 0.607. The summed E-state index contributed by atoms with van der Waals surface area (Å²) in [6, 6.07) is -0.500. The molecule has 0 spiro atoms. The summed E-state index contributed by atoms with van der Waals surface area (Å²) in [6.07, 6.45) is 0.977. The lowest BCUT2D eigenvalue weighted by Gasteiger charge is -2.27. The fourth-order valence-electron chi connectivity index (χ4n) is 1.60. The SMILES string of the molecule is [B]C(=O)C1CCCN1C(=O)OC(C)(C)C. The number of rotatable bonds is 1. The predicted octanol–water partition coefficient (Wildman–Crippen LogP) is 1.08. The largest absolute Gasteiger partial charge is 0.444 e. The predicted molar refractivity (Wildman–Crippen MR) is 56.7 cm³/mol. The third-order valence-electron chi connectivity index (χ3n) is 2.21. The van der Waals surface area contributed by atoms with Crippen molar-refractivity contribution in [2.75, 3.05) is 6.54 Å². The molecule has 0 aromatic heterocycles. The van der Waals surface area contributed by atoms with Gasteiger partial charge in [0.15, 0.2) is 7.85 Å². The smallest absolute Gasteiger partial charge is 0.410 e. The van der Waals surface area contributed by atoms with E-state index in [-0.39, 0.29) is 0 Å². The van der Waals surface area contributed by atoms with E-state index in [1.54, 1.807) is 20.8 Å². The topological polar surface area (TPSA) is 46.6 Å². The van der Waals surface area contributed by atoms with E-state index >= 15 is 0 Å². The number of hydrogen-bond acceptors (Lipinski definition) is 3. The molecule has 1 unspecified atom stereocenters. The maximum atomic E-state index is 11.7. The first-order valence-electron chi connectivity index (χ1n) is 5.10. The molecular formula is C10H16BNO3. The van der Waals surface area contributed by atoms with Crippen molar-refractivity contribution in [3.8, 4) is 0 Å². The highest BCUT2D eigenvalue weighted by atomic mass is 16.6. The molecule has 5 heteroatoms. The first kappa shape index (κ1) is 12.1. The second-order valence-electron chi connectivity index (χ2n) is 4.73. The van der Waals surface area contributed by atoms with E-state index in [1.807, 2.05) is 0 Å². The Kier molecular flexibility index (Phi) is 3.42. The molecule has 15 heavy (non-hydrogen) atoms. The number of ether oxygens (including phenoxy) is 1. The first-order valence-corrected chi connectivity index (χ1v) is 5.10. The Balaban J connectivity index is 2.63. The molecule has 82 valence electrons. The van der Waals surface area contributed by atoms with E-state index in [4.69, 9.17) is 12.6 Å². The molecule has 1 saturated heterocycles. The molecule has 0 N–H and O–H groups in total. The van der Waals surface area contributed by atoms with Gasteiger partial charge >= 0.3 is 6.09 Å². The van der Waals surface area contributed by atoms with Crippen LogP contribution in [0, 0.1) is 0 Å². The molecule has 1 aliphatic rings. The summed E-state index contributed by atoms with van der Waals surface area (Å²) in [5, 5.41) is 0. The van der Waals surface area contributed by atoms with Crippen LogP contribution in [-0.4, -0.2) is 42.7 Å². The second kappa shape index (κ2) is 4.25. The van der Waals surface area contributed by atoms with Crippen molar-refractivity contribution in [2.24, 2.45) is 0 Å². The lowest BCUT2D eigenvalue weighted by molar-refractivity contribution is -0.115. The molecule has 1 rings (SSSR count). The first-order chi connectivity index (χ1) is 6.81. The Hall–Kier alpha value is -0.995. The van der Waals surface area contributed by atoms with Gasteiger partial charge in [0.05, 0.1) is 11.7 Å². The maximum absolute atomic E-state index is 11.7. The van der Waals surface area contributed by atoms with Gasteiger partial charge in [0.2, 0.25) is 0 Å². The van der Waals surface area contributed by atoms with Gasteiger partial charge < -0.3 is 9.53 Å². The van der Waals surface area contributed by atoms with Gasteiger partial charge in [0, 0.05) is 6.54 Å². The summed E-state index contributed by atoms with van der Waals surface area (Å²) in [5.41, 5.74) is -1.000. The van der Waals surface area contributed by atoms with Gasteiger partial charge in [0.25, 0.3) is 0 Å². The van der Waals surface area contributed by atoms with E-state index < -0.39 is 23.4 Å². The third-order valence-corrected chi connectivity index (χ3v) is 2.21. The minimum absolute atomic E-state index is 0.455. The molecule has 1 atom stereocenters. The fraction of sp³-hybridized carbons (Fsp3) is 0.800. The van der Waals surface area contributed by atoms with E-state index in [2.05, 4.69) is 0 Å². The van der Waals surface area contributed by atoms with Crippen LogP contribution in [0.3, 0.4) is 0 Å². The molecule has 0 aliphatic carbocycles. The molecule has 0 bridgehead atoms. The highest BCUT2D eigenvalue weighted by molar-refractivity contribution is 6.59. The van der Waals surface area contributed by atoms with E-state index in [0.717, 1.165) is 6.42 Å². The molecule has 0 aromatic carbocycles. The van der Waals surface area contributed by atoms with Crippen LogP contribution in [0.5, 0.6) is 0 Å². The Morgan fingerprint density at radius 3 is 2.47 bits per heavy atom. The summed E-state index contributed by atoms with van der Waals surface area (Å²) in [4.78, 5) is 24.1. The van der Waals surface area contributed by atoms with Gasteiger partial charge in [-0.05, 0) is 33.6 Å². The molecule has 1 heterocycles. The average molecular weight is 209 g/mol. The number of carbonyl (C=O) groups excluding carboxylic acids is 2. The Morgan fingerprint density at radius 1 is 1.40 bits per heavy atom. The van der Waals surface area contributed by atoms with Crippen LogP contribution >= 0.6 is 0 Å². The number of amides is 1. The van der Waals surface area contributed by atoms with Crippen molar-refractivity contribution in [3.63, 3.8) is 0 Å². The number of nitrogens with zero attached hydrogens (tertiary/aromatic N) is 1. The Morgan fingerprint density at radius 2 is 2.00 bits per heavy atom. The van der Waals surface area contributed by atoms with Gasteiger partial charge in [-0.2, -0.15) is 0 Å². The summed E-state index contributed by atoms with van der Waals surface area (Å²) in [5.74, 6) is 0. The zero-order valence-electron chi connectivity index (χ0n) is 9.45. The van der Waals surface area contributed by atoms with Crippen molar-refractivity contribution < 1.29 is 14.3 Å². The molecule has 4 nitrogen and oxygen atoms in total. The average Bonchev–Trinajstić information content (AvgIpc) is 2.47. The lowest BCUT2D eigenvalue weighted by atomic mass is 9.93. The van der Waals surface area contributed by atoms with Gasteiger partial charge in [-0.15, -0.1) is 0 Å². The molecule has 1 fully saturated rings. The summed E-state index contributed by atoms with van der Waals surface area (Å²) in [6.45, 7) is 5.92. The van der Waals surface area contributed by atoms with Crippen LogP contribution < -0.4 is 0 Å². The summed E-state index contributed by atoms with van der Waals surface area (Å²) < 4.78 is 5.18. The monoisotopic (exact) mass is 209 g/mol. The highest BCUT2D eigenvalue weighted by Crippen LogP contribution is 2.20. The molecular weight excluding hydrogens is 193 g/mol. The second-order valence-corrected chi connectivity index (χ2v) is 4.73. The number of hydrogen-bond donors (Lipinski definition) is 0. The van der Waals surface area contributed by atoms with Crippen molar-refractivity contribution in [1.82, 2.24) is 4.90 Å². The van der Waals surface area contributed by atoms with Gasteiger partial charge in [-0.1, -0.05) is 0 Å². The van der Waals surface area contributed by atoms with Gasteiger partial charge in [-0.3, -0.25) is 4.90 Å².